The van der Waals surface area contributed by atoms with Gasteiger partial charge in [0.1, 0.15) is 30.2 Å². The second-order valence-electron chi connectivity index (χ2n) is 8.54. The number of hydrogen-bond donors (Lipinski definition) is 7. The van der Waals surface area contributed by atoms with E-state index in [2.05, 4.69) is 10.6 Å². The molecule has 12 nitrogen and oxygen atoms in total. The summed E-state index contributed by atoms with van der Waals surface area (Å²) in [6.07, 6.45) is -0.391. The monoisotopic (exact) mass is 490 g/mol. The van der Waals surface area contributed by atoms with Gasteiger partial charge in [-0.25, -0.2) is 0 Å². The average Bonchev–Trinajstić information content (AvgIpc) is 2.84. The number of amides is 1. The molecule has 1 aliphatic heterocycles. The normalized spacial score (nSPS) is 31.3. The Morgan fingerprint density at radius 3 is 2.85 bits per heavy atom. The lowest BCUT2D eigenvalue weighted by atomic mass is 9.84. The van der Waals surface area contributed by atoms with Gasteiger partial charge in [-0.2, -0.15) is 0 Å². The number of ether oxygens (including phenoxy) is 4. The van der Waals surface area contributed by atoms with Gasteiger partial charge >= 0.3 is 0 Å². The second-order valence-corrected chi connectivity index (χ2v) is 8.54. The number of aliphatic hydroxyl groups is 3. The van der Waals surface area contributed by atoms with E-state index in [-0.39, 0.29) is 19.6 Å². The van der Waals surface area contributed by atoms with E-state index in [1.807, 2.05) is 6.08 Å². The van der Waals surface area contributed by atoms with Crippen molar-refractivity contribution in [1.82, 2.24) is 10.6 Å². The topological polar surface area (TPSA) is 191 Å². The number of nitrogens with one attached hydrogen (secondary N) is 2. The molecular weight excluding hydrogens is 448 g/mol. The molecule has 1 fully saturated rings. The molecule has 9 N–H and O–H groups in total. The summed E-state index contributed by atoms with van der Waals surface area (Å²) in [6, 6.07) is -1.22. The van der Waals surface area contributed by atoms with Crippen molar-refractivity contribution in [2.24, 2.45) is 11.5 Å². The number of hydrogen-bond acceptors (Lipinski definition) is 11. The number of carbonyl (C=O) groups is 1. The van der Waals surface area contributed by atoms with Crippen molar-refractivity contribution < 1.29 is 39.1 Å². The van der Waals surface area contributed by atoms with Gasteiger partial charge in [-0.1, -0.05) is 6.92 Å². The van der Waals surface area contributed by atoms with Crippen LogP contribution < -0.4 is 22.1 Å². The van der Waals surface area contributed by atoms with Crippen LogP contribution in [0.3, 0.4) is 0 Å². The summed E-state index contributed by atoms with van der Waals surface area (Å²) >= 11 is 0. The van der Waals surface area contributed by atoms with E-state index in [0.29, 0.717) is 32.3 Å². The molecular formula is C22H42N4O8. The molecule has 8 atom stereocenters. The fraction of sp³-hybridized carbons (Fsp3) is 0.864. The molecule has 34 heavy (non-hydrogen) atoms. The summed E-state index contributed by atoms with van der Waals surface area (Å²) in [5, 5.41) is 36.4. The van der Waals surface area contributed by atoms with Crippen molar-refractivity contribution in [2.75, 3.05) is 32.8 Å². The highest BCUT2D eigenvalue weighted by Gasteiger charge is 2.47. The second kappa shape index (κ2) is 15.6. The molecule has 0 aromatic heterocycles. The van der Waals surface area contributed by atoms with Crippen LogP contribution in [-0.2, 0) is 23.7 Å². The van der Waals surface area contributed by atoms with Crippen LogP contribution in [0.1, 0.15) is 39.0 Å². The van der Waals surface area contributed by atoms with Crippen LogP contribution in [-0.4, -0.2) is 104 Å². The Morgan fingerprint density at radius 2 is 2.18 bits per heavy atom. The van der Waals surface area contributed by atoms with Gasteiger partial charge in [0.25, 0.3) is 0 Å². The SMILES string of the molecule is CCC(O)C(OCCO)O[C@H]1C(NC=O)CC(N)[C@@H](O[C@@H]2CCC=C(CNCCCN)O2)C1O. The first-order chi connectivity index (χ1) is 16.4. The Labute approximate surface area is 200 Å². The standard InChI is InChI=1S/C22H42N4O8/c1-2-17(29)22(31-10-9-27)34-21-16(26-13-28)11-15(24)20(19(21)30)33-18-6-3-5-14(32-18)12-25-8-4-7-23/h5,13,15-22,25,27,29-30H,2-4,6-12,23-24H2,1H3,(H,26,28)/t15?,16?,17?,18-,19?,20-,21+,22?/m1/s1. The third-order valence-corrected chi connectivity index (χ3v) is 5.92. The molecule has 2 aliphatic rings. The van der Waals surface area contributed by atoms with Crippen LogP contribution in [0.25, 0.3) is 0 Å². The van der Waals surface area contributed by atoms with Crippen molar-refractivity contribution in [2.45, 2.75) is 88.1 Å². The molecule has 0 spiro atoms. The molecule has 0 aromatic rings. The molecule has 12 heteroatoms. The maximum Gasteiger partial charge on any atom is 0.207 e. The summed E-state index contributed by atoms with van der Waals surface area (Å²) in [5.41, 5.74) is 11.8. The minimum Gasteiger partial charge on any atom is -0.468 e. The third kappa shape index (κ3) is 8.70. The summed E-state index contributed by atoms with van der Waals surface area (Å²) in [5.74, 6) is 0.754. The van der Waals surface area contributed by atoms with Crippen LogP contribution in [0.2, 0.25) is 0 Å². The summed E-state index contributed by atoms with van der Waals surface area (Å²) in [4.78, 5) is 11.2. The highest BCUT2D eigenvalue weighted by molar-refractivity contribution is 5.47. The first-order valence-corrected chi connectivity index (χ1v) is 12.1. The fourth-order valence-electron chi connectivity index (χ4n) is 4.08. The van der Waals surface area contributed by atoms with Crippen LogP contribution in [0.15, 0.2) is 11.8 Å². The highest BCUT2D eigenvalue weighted by Crippen LogP contribution is 2.29. The zero-order chi connectivity index (χ0) is 24.9. The van der Waals surface area contributed by atoms with Gasteiger partial charge in [0.05, 0.1) is 25.8 Å². The number of carbonyl (C=O) groups excluding carboxylic acids is 1. The van der Waals surface area contributed by atoms with E-state index in [0.717, 1.165) is 25.1 Å². The van der Waals surface area contributed by atoms with E-state index in [1.54, 1.807) is 6.92 Å². The molecule has 1 amide bonds. The van der Waals surface area contributed by atoms with E-state index in [4.69, 9.17) is 35.5 Å². The van der Waals surface area contributed by atoms with Gasteiger partial charge in [-0.3, -0.25) is 4.79 Å². The number of aliphatic hydroxyl groups excluding tert-OH is 3. The Balaban J connectivity index is 2.05. The van der Waals surface area contributed by atoms with Gasteiger partial charge in [-0.05, 0) is 44.8 Å². The zero-order valence-electron chi connectivity index (χ0n) is 19.9. The van der Waals surface area contributed by atoms with Crippen LogP contribution in [0.4, 0.5) is 0 Å². The molecule has 198 valence electrons. The molecule has 5 unspecified atom stereocenters. The average molecular weight is 491 g/mol. The summed E-state index contributed by atoms with van der Waals surface area (Å²) in [7, 11) is 0. The Hall–Kier alpha value is -1.35. The number of nitrogens with two attached hydrogens (primary N) is 2. The van der Waals surface area contributed by atoms with E-state index < -0.39 is 49.1 Å². The molecule has 0 saturated heterocycles. The van der Waals surface area contributed by atoms with Gasteiger partial charge in [0, 0.05) is 12.5 Å². The molecule has 1 saturated carbocycles. The minimum atomic E-state index is -1.23. The van der Waals surface area contributed by atoms with Gasteiger partial charge in [0.15, 0.2) is 12.6 Å². The van der Waals surface area contributed by atoms with Crippen molar-refractivity contribution in [3.05, 3.63) is 11.8 Å². The van der Waals surface area contributed by atoms with Gasteiger partial charge in [-0.15, -0.1) is 0 Å². The fourth-order valence-corrected chi connectivity index (χ4v) is 4.08. The predicted octanol–water partition coefficient (Wildman–Crippen LogP) is -1.97. The lowest BCUT2D eigenvalue weighted by molar-refractivity contribution is -0.269. The van der Waals surface area contributed by atoms with Crippen molar-refractivity contribution in [1.29, 1.82) is 0 Å². The lowest BCUT2D eigenvalue weighted by Gasteiger charge is -2.45. The Kier molecular flexibility index (Phi) is 13.3. The minimum absolute atomic E-state index is 0.0555. The predicted molar refractivity (Wildman–Crippen MR) is 123 cm³/mol. The summed E-state index contributed by atoms with van der Waals surface area (Å²) < 4.78 is 23.4. The molecule has 2 rings (SSSR count). The van der Waals surface area contributed by atoms with Crippen LogP contribution in [0, 0.1) is 0 Å². The molecule has 0 aromatic carbocycles. The maximum atomic E-state index is 11.2. The zero-order valence-corrected chi connectivity index (χ0v) is 19.9. The quantitative estimate of drug-likeness (QED) is 0.0721. The number of allylic oxidation sites excluding steroid dienone is 1. The summed E-state index contributed by atoms with van der Waals surface area (Å²) in [6.45, 7) is 3.38. The van der Waals surface area contributed by atoms with Gasteiger partial charge in [0.2, 0.25) is 6.41 Å². The third-order valence-electron chi connectivity index (χ3n) is 5.92. The van der Waals surface area contributed by atoms with Crippen molar-refractivity contribution in [3.63, 3.8) is 0 Å². The Bertz CT molecular complexity index is 613. The molecule has 1 aliphatic carbocycles. The maximum absolute atomic E-state index is 11.2. The van der Waals surface area contributed by atoms with Crippen LogP contribution >= 0.6 is 0 Å². The highest BCUT2D eigenvalue weighted by atomic mass is 16.7. The smallest absolute Gasteiger partial charge is 0.207 e. The molecule has 1 heterocycles. The first-order valence-electron chi connectivity index (χ1n) is 12.1. The molecule has 0 bridgehead atoms. The largest absolute Gasteiger partial charge is 0.468 e. The van der Waals surface area contributed by atoms with Crippen molar-refractivity contribution >= 4 is 6.41 Å². The Morgan fingerprint density at radius 1 is 1.38 bits per heavy atom. The van der Waals surface area contributed by atoms with Crippen LogP contribution in [0.5, 0.6) is 0 Å². The van der Waals surface area contributed by atoms with E-state index >= 15 is 0 Å². The van der Waals surface area contributed by atoms with Gasteiger partial charge < -0.3 is 56.4 Å². The molecule has 0 radical (unpaired) electrons. The van der Waals surface area contributed by atoms with Crippen molar-refractivity contribution in [3.8, 4) is 0 Å². The first kappa shape index (κ1) is 28.9. The lowest BCUT2D eigenvalue weighted by Crippen LogP contribution is -2.65. The number of rotatable bonds is 16. The van der Waals surface area contributed by atoms with E-state index in [1.165, 1.54) is 0 Å². The van der Waals surface area contributed by atoms with E-state index in [9.17, 15) is 15.0 Å².